The van der Waals surface area contributed by atoms with Crippen LogP contribution in [0.5, 0.6) is 0 Å². The zero-order chi connectivity index (χ0) is 18.3. The predicted octanol–water partition coefficient (Wildman–Crippen LogP) is 4.81. The second-order valence-electron chi connectivity index (χ2n) is 11.2. The van der Waals surface area contributed by atoms with Gasteiger partial charge >= 0.3 is 0 Å². The van der Waals surface area contributed by atoms with E-state index in [1.807, 2.05) is 5.57 Å². The van der Waals surface area contributed by atoms with E-state index in [0.29, 0.717) is 10.8 Å². The molecule has 5 aliphatic rings. The van der Waals surface area contributed by atoms with E-state index in [1.165, 1.54) is 57.9 Å². The van der Waals surface area contributed by atoms with E-state index in [1.54, 1.807) is 0 Å². The van der Waals surface area contributed by atoms with Gasteiger partial charge in [0.2, 0.25) is 0 Å². The molecule has 0 bridgehead atoms. The molecule has 146 valence electrons. The fraction of sp³-hybridized carbons (Fsp3) is 0.917. The Morgan fingerprint density at radius 3 is 2.58 bits per heavy atom. The Hall–Kier alpha value is -0.340. The van der Waals surface area contributed by atoms with Gasteiger partial charge in [-0.05, 0) is 114 Å². The Kier molecular flexibility index (Phi) is 3.98. The van der Waals surface area contributed by atoms with E-state index < -0.39 is 0 Å². The number of nitrogens with zero attached hydrogens (tertiary/aromatic N) is 2. The average Bonchev–Trinajstić information content (AvgIpc) is 3.08. The third kappa shape index (κ3) is 2.18. The van der Waals surface area contributed by atoms with Gasteiger partial charge < -0.3 is 9.80 Å². The SMILES string of the molecule is C[C@H]1[C@@H]2CC[C@@H]3[C@@H]4CC=C5C[C@@H](N(C)C)CC[C@]5(C)[C@@H]4CC[C@]32CN1C. The molecule has 1 spiro atoms. The van der Waals surface area contributed by atoms with Gasteiger partial charge in [-0.3, -0.25) is 0 Å². The molecule has 1 heterocycles. The molecule has 0 aromatic rings. The summed E-state index contributed by atoms with van der Waals surface area (Å²) in [5.41, 5.74) is 3.04. The number of allylic oxidation sites excluding steroid dienone is 1. The minimum absolute atomic E-state index is 0.519. The molecule has 2 heteroatoms. The van der Waals surface area contributed by atoms with Crippen molar-refractivity contribution in [3.8, 4) is 0 Å². The largest absolute Gasteiger partial charge is 0.306 e. The maximum Gasteiger partial charge on any atom is 0.0127 e. The number of likely N-dealkylation sites (tertiary alicyclic amines) is 1. The van der Waals surface area contributed by atoms with Crippen molar-refractivity contribution in [2.24, 2.45) is 34.5 Å². The first-order chi connectivity index (χ1) is 12.4. The van der Waals surface area contributed by atoms with Gasteiger partial charge in [0.25, 0.3) is 0 Å². The highest BCUT2D eigenvalue weighted by Crippen LogP contribution is 2.68. The Morgan fingerprint density at radius 2 is 1.81 bits per heavy atom. The summed E-state index contributed by atoms with van der Waals surface area (Å²) >= 11 is 0. The van der Waals surface area contributed by atoms with Gasteiger partial charge in [-0.2, -0.15) is 0 Å². The van der Waals surface area contributed by atoms with Gasteiger partial charge in [-0.15, -0.1) is 0 Å². The van der Waals surface area contributed by atoms with Gasteiger partial charge in [0, 0.05) is 18.6 Å². The van der Waals surface area contributed by atoms with Crippen LogP contribution >= 0.6 is 0 Å². The number of rotatable bonds is 1. The third-order valence-electron chi connectivity index (χ3n) is 10.4. The molecule has 0 radical (unpaired) electrons. The Labute approximate surface area is 161 Å². The Balaban J connectivity index is 1.45. The summed E-state index contributed by atoms with van der Waals surface area (Å²) in [5.74, 6) is 3.96. The second-order valence-corrected chi connectivity index (χ2v) is 11.2. The lowest BCUT2D eigenvalue weighted by molar-refractivity contribution is -0.0430. The van der Waals surface area contributed by atoms with Crippen LogP contribution in [0.25, 0.3) is 0 Å². The molecular weight excluding hydrogens is 316 g/mol. The molecular formula is C24H40N2. The van der Waals surface area contributed by atoms with E-state index in [0.717, 1.165) is 35.8 Å². The highest BCUT2D eigenvalue weighted by atomic mass is 15.2. The molecule has 4 aliphatic carbocycles. The predicted molar refractivity (Wildman–Crippen MR) is 109 cm³/mol. The maximum atomic E-state index is 2.74. The van der Waals surface area contributed by atoms with E-state index in [2.05, 4.69) is 50.9 Å². The Bertz CT molecular complexity index is 609. The molecule has 2 nitrogen and oxygen atoms in total. The van der Waals surface area contributed by atoms with E-state index in [9.17, 15) is 0 Å². The van der Waals surface area contributed by atoms with Crippen LogP contribution in [0.2, 0.25) is 0 Å². The fourth-order valence-electron chi connectivity index (χ4n) is 8.88. The third-order valence-corrected chi connectivity index (χ3v) is 10.4. The van der Waals surface area contributed by atoms with Crippen molar-refractivity contribution < 1.29 is 0 Å². The highest BCUT2D eigenvalue weighted by molar-refractivity contribution is 5.26. The average molecular weight is 357 g/mol. The lowest BCUT2D eigenvalue weighted by atomic mass is 9.47. The Morgan fingerprint density at radius 1 is 1.04 bits per heavy atom. The number of fused-ring (bicyclic) bond motifs is 4. The summed E-state index contributed by atoms with van der Waals surface area (Å²) in [5, 5.41) is 0. The van der Waals surface area contributed by atoms with Crippen molar-refractivity contribution in [3.63, 3.8) is 0 Å². The molecule has 1 saturated heterocycles. The number of hydrogen-bond donors (Lipinski definition) is 0. The van der Waals surface area contributed by atoms with Gasteiger partial charge in [-0.1, -0.05) is 18.6 Å². The molecule has 5 rings (SSSR count). The molecule has 0 amide bonds. The molecule has 26 heavy (non-hydrogen) atoms. The maximum absolute atomic E-state index is 2.74. The van der Waals surface area contributed by atoms with E-state index in [4.69, 9.17) is 0 Å². The van der Waals surface area contributed by atoms with Crippen molar-refractivity contribution in [2.45, 2.75) is 77.3 Å². The molecule has 8 atom stereocenters. The van der Waals surface area contributed by atoms with Crippen molar-refractivity contribution in [2.75, 3.05) is 27.7 Å². The topological polar surface area (TPSA) is 6.48 Å². The van der Waals surface area contributed by atoms with Gasteiger partial charge in [0.1, 0.15) is 0 Å². The molecule has 0 aromatic heterocycles. The van der Waals surface area contributed by atoms with Crippen molar-refractivity contribution in [1.82, 2.24) is 9.80 Å². The van der Waals surface area contributed by atoms with Crippen LogP contribution in [0, 0.1) is 34.5 Å². The summed E-state index contributed by atoms with van der Waals surface area (Å²) in [4.78, 5) is 5.17. The minimum atomic E-state index is 0.519. The van der Waals surface area contributed by atoms with Gasteiger partial charge in [0.15, 0.2) is 0 Å². The summed E-state index contributed by atoms with van der Waals surface area (Å²) in [6.07, 6.45) is 14.4. The van der Waals surface area contributed by atoms with Crippen molar-refractivity contribution >= 4 is 0 Å². The molecule has 0 aromatic carbocycles. The van der Waals surface area contributed by atoms with E-state index in [-0.39, 0.29) is 0 Å². The summed E-state index contributed by atoms with van der Waals surface area (Å²) in [6, 6.07) is 1.60. The van der Waals surface area contributed by atoms with Gasteiger partial charge in [-0.25, -0.2) is 0 Å². The minimum Gasteiger partial charge on any atom is -0.306 e. The second kappa shape index (κ2) is 5.83. The van der Waals surface area contributed by atoms with E-state index >= 15 is 0 Å². The molecule has 0 unspecified atom stereocenters. The smallest absolute Gasteiger partial charge is 0.0127 e. The van der Waals surface area contributed by atoms with Crippen molar-refractivity contribution in [1.29, 1.82) is 0 Å². The normalized spacial score (nSPS) is 53.7. The summed E-state index contributed by atoms with van der Waals surface area (Å²) in [7, 11) is 6.95. The van der Waals surface area contributed by atoms with Crippen LogP contribution in [0.3, 0.4) is 0 Å². The lowest BCUT2D eigenvalue weighted by Crippen LogP contribution is -2.52. The molecule has 0 N–H and O–H groups in total. The molecule has 3 saturated carbocycles. The van der Waals surface area contributed by atoms with Crippen LogP contribution in [0.1, 0.15) is 65.2 Å². The van der Waals surface area contributed by atoms with Crippen LogP contribution in [-0.4, -0.2) is 49.6 Å². The monoisotopic (exact) mass is 356 g/mol. The van der Waals surface area contributed by atoms with Crippen LogP contribution in [0.15, 0.2) is 11.6 Å². The fourth-order valence-corrected chi connectivity index (χ4v) is 8.88. The van der Waals surface area contributed by atoms with Gasteiger partial charge in [0.05, 0.1) is 0 Å². The van der Waals surface area contributed by atoms with Crippen LogP contribution in [-0.2, 0) is 0 Å². The van der Waals surface area contributed by atoms with Crippen LogP contribution < -0.4 is 0 Å². The first-order valence-electron chi connectivity index (χ1n) is 11.4. The summed E-state index contributed by atoms with van der Waals surface area (Å²) < 4.78 is 0. The lowest BCUT2D eigenvalue weighted by Gasteiger charge is -2.58. The van der Waals surface area contributed by atoms with Crippen LogP contribution in [0.4, 0.5) is 0 Å². The quantitative estimate of drug-likeness (QED) is 0.622. The first-order valence-corrected chi connectivity index (χ1v) is 11.4. The molecule has 4 fully saturated rings. The number of hydrogen-bond acceptors (Lipinski definition) is 2. The summed E-state index contributed by atoms with van der Waals surface area (Å²) in [6.45, 7) is 6.56. The zero-order valence-electron chi connectivity index (χ0n) is 17.8. The molecule has 1 aliphatic heterocycles. The zero-order valence-corrected chi connectivity index (χ0v) is 17.8. The van der Waals surface area contributed by atoms with Crippen molar-refractivity contribution in [3.05, 3.63) is 11.6 Å². The standard InChI is InChI=1S/C24H40N2/c1-16-20-8-9-22-19-7-6-17-14-18(25(3)4)10-12-23(17,2)21(19)11-13-24(20,22)15-26(16)5/h6,16,18-22H,7-15H2,1-5H3/t16-,18-,19+,20-,21+,22+,23-,24+/m0/s1. The first kappa shape index (κ1) is 17.7. The highest BCUT2D eigenvalue weighted by Gasteiger charge is 2.63.